The van der Waals surface area contributed by atoms with Gasteiger partial charge < -0.3 is 10.4 Å². The van der Waals surface area contributed by atoms with E-state index in [1.54, 1.807) is 0 Å². The van der Waals surface area contributed by atoms with Gasteiger partial charge in [0.25, 0.3) is 0 Å². The maximum atomic E-state index is 9.44. The monoisotopic (exact) mass is 205 g/mol. The van der Waals surface area contributed by atoms with Crippen LogP contribution in [0.4, 0.5) is 0 Å². The summed E-state index contributed by atoms with van der Waals surface area (Å²) in [5.41, 5.74) is 0.260. The van der Waals surface area contributed by atoms with Crippen molar-refractivity contribution >= 4 is 12.4 Å². The number of piperidine rings is 1. The first-order valence-electron chi connectivity index (χ1n) is 5.22. The minimum Gasteiger partial charge on any atom is -0.396 e. The number of aliphatic hydroxyl groups excluding tert-OH is 1. The van der Waals surface area contributed by atoms with Crippen LogP contribution in [-0.2, 0) is 0 Å². The molecule has 2 rings (SSSR count). The Labute approximate surface area is 86.5 Å². The van der Waals surface area contributed by atoms with Crippen LogP contribution in [0.2, 0.25) is 0 Å². The second-order valence-corrected chi connectivity index (χ2v) is 4.38. The molecule has 1 heterocycles. The molecule has 0 radical (unpaired) electrons. The predicted octanol–water partition coefficient (Wildman–Crippen LogP) is 1.71. The van der Waals surface area contributed by atoms with E-state index < -0.39 is 0 Å². The average Bonchev–Trinajstić information content (AvgIpc) is 2.18. The highest BCUT2D eigenvalue weighted by Gasteiger charge is 2.41. The minimum absolute atomic E-state index is 0. The molecule has 2 atom stereocenters. The third-order valence-corrected chi connectivity index (χ3v) is 3.71. The quantitative estimate of drug-likeness (QED) is 0.683. The predicted molar refractivity (Wildman–Crippen MR) is 56.3 cm³/mol. The third-order valence-electron chi connectivity index (χ3n) is 3.71. The van der Waals surface area contributed by atoms with Gasteiger partial charge in [-0.05, 0) is 32.2 Å². The van der Waals surface area contributed by atoms with Gasteiger partial charge in [0.15, 0.2) is 0 Å². The van der Waals surface area contributed by atoms with Gasteiger partial charge in [0.1, 0.15) is 0 Å². The first kappa shape index (κ1) is 11.3. The molecule has 1 aliphatic carbocycles. The van der Waals surface area contributed by atoms with E-state index in [0.29, 0.717) is 12.6 Å². The van der Waals surface area contributed by atoms with Crippen molar-refractivity contribution in [1.82, 2.24) is 5.32 Å². The summed E-state index contributed by atoms with van der Waals surface area (Å²) in [5, 5.41) is 13.0. The van der Waals surface area contributed by atoms with Crippen molar-refractivity contribution in [3.8, 4) is 0 Å². The summed E-state index contributed by atoms with van der Waals surface area (Å²) < 4.78 is 0. The molecule has 0 aromatic carbocycles. The number of halogens is 1. The summed E-state index contributed by atoms with van der Waals surface area (Å²) >= 11 is 0. The Morgan fingerprint density at radius 1 is 1.23 bits per heavy atom. The van der Waals surface area contributed by atoms with Crippen molar-refractivity contribution in [2.24, 2.45) is 5.41 Å². The average molecular weight is 206 g/mol. The number of hydrogen-bond acceptors (Lipinski definition) is 2. The highest BCUT2D eigenvalue weighted by molar-refractivity contribution is 5.85. The summed E-state index contributed by atoms with van der Waals surface area (Å²) in [6.07, 6.45) is 7.66. The fourth-order valence-electron chi connectivity index (χ4n) is 2.91. The van der Waals surface area contributed by atoms with Gasteiger partial charge in [0, 0.05) is 11.5 Å². The fourth-order valence-corrected chi connectivity index (χ4v) is 2.91. The smallest absolute Gasteiger partial charge is 0.0502 e. The lowest BCUT2D eigenvalue weighted by Gasteiger charge is -2.46. The molecule has 2 aliphatic rings. The molecule has 0 amide bonds. The van der Waals surface area contributed by atoms with E-state index in [1.807, 2.05) is 0 Å². The van der Waals surface area contributed by atoms with Gasteiger partial charge in [-0.15, -0.1) is 12.4 Å². The van der Waals surface area contributed by atoms with Crippen LogP contribution in [0.25, 0.3) is 0 Å². The Bertz CT molecular complexity index is 151. The largest absolute Gasteiger partial charge is 0.396 e. The molecular formula is C10H20ClNO. The molecule has 0 aromatic rings. The van der Waals surface area contributed by atoms with Crippen LogP contribution >= 0.6 is 12.4 Å². The summed E-state index contributed by atoms with van der Waals surface area (Å²) in [6.45, 7) is 1.55. The van der Waals surface area contributed by atoms with Gasteiger partial charge in [-0.2, -0.15) is 0 Å². The Hall–Kier alpha value is 0.210. The Morgan fingerprint density at radius 2 is 2.00 bits per heavy atom. The van der Waals surface area contributed by atoms with E-state index in [1.165, 1.54) is 38.5 Å². The number of rotatable bonds is 1. The van der Waals surface area contributed by atoms with E-state index >= 15 is 0 Å². The Morgan fingerprint density at radius 3 is 2.69 bits per heavy atom. The van der Waals surface area contributed by atoms with Crippen molar-refractivity contribution in [3.05, 3.63) is 0 Å². The van der Waals surface area contributed by atoms with Crippen molar-refractivity contribution in [3.63, 3.8) is 0 Å². The van der Waals surface area contributed by atoms with Crippen molar-refractivity contribution in [2.75, 3.05) is 13.2 Å². The number of fused-ring (bicyclic) bond motifs is 1. The molecule has 1 aliphatic heterocycles. The number of aliphatic hydroxyl groups is 1. The normalized spacial score (nSPS) is 39.0. The molecule has 2 unspecified atom stereocenters. The molecular weight excluding hydrogens is 186 g/mol. The second-order valence-electron chi connectivity index (χ2n) is 4.38. The first-order valence-corrected chi connectivity index (χ1v) is 5.22. The lowest BCUT2D eigenvalue weighted by atomic mass is 9.66. The summed E-state index contributed by atoms with van der Waals surface area (Å²) in [7, 11) is 0. The summed E-state index contributed by atoms with van der Waals surface area (Å²) in [4.78, 5) is 0. The van der Waals surface area contributed by atoms with Crippen molar-refractivity contribution < 1.29 is 5.11 Å². The molecule has 13 heavy (non-hydrogen) atoms. The third kappa shape index (κ3) is 2.00. The van der Waals surface area contributed by atoms with Crippen molar-refractivity contribution in [2.45, 2.75) is 44.6 Å². The van der Waals surface area contributed by atoms with Gasteiger partial charge in [-0.3, -0.25) is 0 Å². The van der Waals surface area contributed by atoms with Crippen LogP contribution in [0, 0.1) is 5.41 Å². The minimum atomic E-state index is 0. The van der Waals surface area contributed by atoms with Crippen LogP contribution in [-0.4, -0.2) is 24.3 Å². The van der Waals surface area contributed by atoms with E-state index in [4.69, 9.17) is 0 Å². The molecule has 0 aromatic heterocycles. The van der Waals surface area contributed by atoms with E-state index in [9.17, 15) is 5.11 Å². The van der Waals surface area contributed by atoms with Crippen LogP contribution in [0.5, 0.6) is 0 Å². The maximum absolute atomic E-state index is 9.44. The molecule has 78 valence electrons. The number of nitrogens with one attached hydrogen (secondary N) is 1. The molecule has 1 saturated heterocycles. The lowest BCUT2D eigenvalue weighted by Crippen LogP contribution is -2.53. The van der Waals surface area contributed by atoms with Gasteiger partial charge >= 0.3 is 0 Å². The first-order chi connectivity index (χ1) is 5.87. The molecule has 2 N–H and O–H groups in total. The summed E-state index contributed by atoms with van der Waals surface area (Å²) in [5.74, 6) is 0. The molecule has 2 nitrogen and oxygen atoms in total. The second kappa shape index (κ2) is 4.63. The maximum Gasteiger partial charge on any atom is 0.0502 e. The lowest BCUT2D eigenvalue weighted by molar-refractivity contribution is 0.0189. The SMILES string of the molecule is Cl.OCC12CCCCC1NCCC2. The van der Waals surface area contributed by atoms with Crippen molar-refractivity contribution in [1.29, 1.82) is 0 Å². The molecule has 2 fully saturated rings. The van der Waals surface area contributed by atoms with Gasteiger partial charge in [0.2, 0.25) is 0 Å². The zero-order valence-electron chi connectivity index (χ0n) is 8.09. The van der Waals surface area contributed by atoms with Crippen LogP contribution in [0.1, 0.15) is 38.5 Å². The van der Waals surface area contributed by atoms with E-state index in [-0.39, 0.29) is 17.8 Å². The molecule has 0 bridgehead atoms. The van der Waals surface area contributed by atoms with Crippen LogP contribution < -0.4 is 5.32 Å². The van der Waals surface area contributed by atoms with Gasteiger partial charge in [0.05, 0.1) is 6.61 Å². The highest BCUT2D eigenvalue weighted by atomic mass is 35.5. The van der Waals surface area contributed by atoms with E-state index in [0.717, 1.165) is 6.54 Å². The summed E-state index contributed by atoms with van der Waals surface area (Å²) in [6, 6.07) is 0.616. The van der Waals surface area contributed by atoms with Gasteiger partial charge in [-0.1, -0.05) is 12.8 Å². The standard InChI is InChI=1S/C10H19NO.ClH/c12-8-10-5-2-1-4-9(10)11-7-3-6-10;/h9,11-12H,1-8H2;1H. The zero-order chi connectivity index (χ0) is 8.44. The zero-order valence-corrected chi connectivity index (χ0v) is 8.91. The van der Waals surface area contributed by atoms with Gasteiger partial charge in [-0.25, -0.2) is 0 Å². The number of hydrogen-bond donors (Lipinski definition) is 2. The Kier molecular flexibility index (Phi) is 4.02. The fraction of sp³-hybridized carbons (Fsp3) is 1.00. The molecule has 0 spiro atoms. The van der Waals surface area contributed by atoms with Crippen LogP contribution in [0.15, 0.2) is 0 Å². The van der Waals surface area contributed by atoms with E-state index in [2.05, 4.69) is 5.32 Å². The Balaban J connectivity index is 0.000000845. The van der Waals surface area contributed by atoms with Crippen LogP contribution in [0.3, 0.4) is 0 Å². The molecule has 3 heteroatoms. The molecule has 1 saturated carbocycles. The topological polar surface area (TPSA) is 32.3 Å². The highest BCUT2D eigenvalue weighted by Crippen LogP contribution is 2.41.